The van der Waals surface area contributed by atoms with Crippen LogP contribution in [0.25, 0.3) is 22.0 Å². The highest BCUT2D eigenvalue weighted by atomic mass is 16.5. The lowest BCUT2D eigenvalue weighted by Crippen LogP contribution is -2.31. The number of fused-ring (bicyclic) bond motifs is 1. The third-order valence-corrected chi connectivity index (χ3v) is 3.63. The molecule has 2 nitrogen and oxygen atoms in total. The number of pyridine rings is 1. The Balaban J connectivity index is 2.39. The van der Waals surface area contributed by atoms with Gasteiger partial charge in [-0.15, -0.1) is 0 Å². The molecule has 0 radical (unpaired) electrons. The van der Waals surface area contributed by atoms with Crippen molar-refractivity contribution >= 4 is 10.9 Å². The summed E-state index contributed by atoms with van der Waals surface area (Å²) >= 11 is 0. The van der Waals surface area contributed by atoms with E-state index in [1.807, 2.05) is 37.3 Å². The Bertz CT molecular complexity index is 786. The van der Waals surface area contributed by atoms with Crippen LogP contribution in [0.5, 0.6) is 0 Å². The highest BCUT2D eigenvalue weighted by Crippen LogP contribution is 2.28. The Kier molecular flexibility index (Phi) is 2.94. The van der Waals surface area contributed by atoms with E-state index in [4.69, 9.17) is 0 Å². The number of rotatable bonds is 1. The minimum Gasteiger partial charge on any atom is -0.618 e. The van der Waals surface area contributed by atoms with Gasteiger partial charge < -0.3 is 5.21 Å². The maximum Gasteiger partial charge on any atom is 0.231 e. The second-order valence-electron chi connectivity index (χ2n) is 5.39. The third kappa shape index (κ3) is 2.03. The third-order valence-electron chi connectivity index (χ3n) is 3.63. The molecule has 0 aliphatic heterocycles. The molecule has 100 valence electrons. The summed E-state index contributed by atoms with van der Waals surface area (Å²) in [5.74, 6) is 0. The van der Waals surface area contributed by atoms with Crippen molar-refractivity contribution < 1.29 is 4.73 Å². The highest BCUT2D eigenvalue weighted by Gasteiger charge is 2.14. The van der Waals surface area contributed by atoms with E-state index in [0.29, 0.717) is 5.69 Å². The monoisotopic (exact) mass is 263 g/mol. The molecular formula is C18H17NO. The number of para-hydroxylation sites is 1. The number of nitrogens with zero attached hydrogens (tertiary/aromatic N) is 1. The zero-order valence-electron chi connectivity index (χ0n) is 12.0. The first-order chi connectivity index (χ1) is 9.56. The molecule has 0 saturated heterocycles. The normalized spacial score (nSPS) is 10.9. The maximum absolute atomic E-state index is 12.4. The fraction of sp³-hybridized carbons (Fsp3) is 0.167. The highest BCUT2D eigenvalue weighted by molar-refractivity contribution is 5.91. The molecule has 1 aromatic heterocycles. The van der Waals surface area contributed by atoms with Crippen LogP contribution in [0.15, 0.2) is 48.5 Å². The average Bonchev–Trinajstić information content (AvgIpc) is 2.41. The fourth-order valence-corrected chi connectivity index (χ4v) is 2.74. The van der Waals surface area contributed by atoms with Crippen molar-refractivity contribution in [2.75, 3.05) is 0 Å². The van der Waals surface area contributed by atoms with Gasteiger partial charge in [0.25, 0.3) is 0 Å². The molecule has 0 amide bonds. The second-order valence-corrected chi connectivity index (χ2v) is 5.39. The molecule has 0 saturated carbocycles. The molecule has 2 aromatic carbocycles. The average molecular weight is 263 g/mol. The molecule has 0 atom stereocenters. The van der Waals surface area contributed by atoms with Crippen LogP contribution >= 0.6 is 0 Å². The Morgan fingerprint density at radius 3 is 2.25 bits per heavy atom. The molecule has 0 unspecified atom stereocenters. The van der Waals surface area contributed by atoms with Gasteiger partial charge in [0.05, 0.1) is 5.56 Å². The van der Waals surface area contributed by atoms with Crippen molar-refractivity contribution in [3.63, 3.8) is 0 Å². The molecule has 3 aromatic rings. The van der Waals surface area contributed by atoms with Gasteiger partial charge in [-0.25, -0.2) is 0 Å². The Morgan fingerprint density at radius 1 is 0.850 bits per heavy atom. The van der Waals surface area contributed by atoms with E-state index in [9.17, 15) is 5.21 Å². The van der Waals surface area contributed by atoms with Crippen LogP contribution in [-0.2, 0) is 0 Å². The molecule has 0 aliphatic rings. The molecule has 0 bridgehead atoms. The summed E-state index contributed by atoms with van der Waals surface area (Å²) in [6.07, 6.45) is 0. The van der Waals surface area contributed by atoms with Crippen molar-refractivity contribution in [3.8, 4) is 11.1 Å². The predicted octanol–water partition coefficient (Wildman–Crippen LogP) is 4.07. The van der Waals surface area contributed by atoms with Gasteiger partial charge in [0.15, 0.2) is 5.69 Å². The van der Waals surface area contributed by atoms with Gasteiger partial charge in [-0.3, -0.25) is 0 Å². The predicted molar refractivity (Wildman–Crippen MR) is 82.6 cm³/mol. The lowest BCUT2D eigenvalue weighted by molar-refractivity contribution is -0.583. The van der Waals surface area contributed by atoms with Gasteiger partial charge in [0.2, 0.25) is 5.52 Å². The lowest BCUT2D eigenvalue weighted by Gasteiger charge is -2.10. The van der Waals surface area contributed by atoms with Crippen LogP contribution in [0.1, 0.15) is 16.8 Å². The van der Waals surface area contributed by atoms with Gasteiger partial charge >= 0.3 is 0 Å². The van der Waals surface area contributed by atoms with Crippen LogP contribution in [0, 0.1) is 26.0 Å². The van der Waals surface area contributed by atoms with Crippen molar-refractivity contribution in [2.45, 2.75) is 20.8 Å². The van der Waals surface area contributed by atoms with Gasteiger partial charge in [-0.05, 0) is 37.6 Å². The van der Waals surface area contributed by atoms with Crippen LogP contribution < -0.4 is 4.73 Å². The molecule has 2 heteroatoms. The summed E-state index contributed by atoms with van der Waals surface area (Å²) in [6.45, 7) is 6.00. The molecule has 0 spiro atoms. The van der Waals surface area contributed by atoms with E-state index >= 15 is 0 Å². The smallest absolute Gasteiger partial charge is 0.231 e. The Morgan fingerprint density at radius 2 is 1.55 bits per heavy atom. The zero-order chi connectivity index (χ0) is 14.3. The number of aromatic nitrogens is 1. The largest absolute Gasteiger partial charge is 0.618 e. The van der Waals surface area contributed by atoms with E-state index in [0.717, 1.165) is 26.8 Å². The Hall–Kier alpha value is -2.35. The van der Waals surface area contributed by atoms with Crippen molar-refractivity contribution in [1.82, 2.24) is 0 Å². The van der Waals surface area contributed by atoms with Crippen LogP contribution in [0.2, 0.25) is 0 Å². The van der Waals surface area contributed by atoms with E-state index < -0.39 is 0 Å². The lowest BCUT2D eigenvalue weighted by atomic mass is 9.98. The molecule has 0 N–H and O–H groups in total. The number of benzene rings is 2. The van der Waals surface area contributed by atoms with E-state index in [1.165, 1.54) is 11.1 Å². The van der Waals surface area contributed by atoms with Crippen molar-refractivity contribution in [2.24, 2.45) is 0 Å². The van der Waals surface area contributed by atoms with Gasteiger partial charge in [-0.1, -0.05) is 35.4 Å². The molecular weight excluding hydrogens is 246 g/mol. The molecule has 0 fully saturated rings. The summed E-state index contributed by atoms with van der Waals surface area (Å²) in [7, 11) is 0. The van der Waals surface area contributed by atoms with Crippen LogP contribution in [-0.4, -0.2) is 0 Å². The van der Waals surface area contributed by atoms with Crippen molar-refractivity contribution in [3.05, 3.63) is 70.6 Å². The summed E-state index contributed by atoms with van der Waals surface area (Å²) in [5.41, 5.74) is 5.98. The second kappa shape index (κ2) is 4.64. The van der Waals surface area contributed by atoms with E-state index in [-0.39, 0.29) is 0 Å². The summed E-state index contributed by atoms with van der Waals surface area (Å²) < 4.78 is 1.03. The molecule has 0 aliphatic carbocycles. The summed E-state index contributed by atoms with van der Waals surface area (Å²) in [6, 6.07) is 16.3. The number of hydrogen-bond donors (Lipinski definition) is 0. The van der Waals surface area contributed by atoms with Crippen molar-refractivity contribution in [1.29, 1.82) is 0 Å². The van der Waals surface area contributed by atoms with Gasteiger partial charge in [0.1, 0.15) is 0 Å². The van der Waals surface area contributed by atoms with Gasteiger partial charge in [-0.2, -0.15) is 4.73 Å². The first-order valence-corrected chi connectivity index (χ1v) is 6.77. The van der Waals surface area contributed by atoms with E-state index in [1.54, 1.807) is 0 Å². The zero-order valence-corrected chi connectivity index (χ0v) is 12.0. The first kappa shape index (κ1) is 12.7. The minimum absolute atomic E-state index is 0.717. The van der Waals surface area contributed by atoms with Crippen LogP contribution in [0.3, 0.4) is 0 Å². The van der Waals surface area contributed by atoms with Gasteiger partial charge in [0, 0.05) is 18.4 Å². The number of hydrogen-bond acceptors (Lipinski definition) is 1. The standard InChI is InChI=1S/C18H17NO/c1-12-9-13(2)11-16(10-12)17-6-4-5-15-8-7-14(3)19(20)18(15)17/h4-11H,1-3H3. The minimum atomic E-state index is 0.717. The quantitative estimate of drug-likeness (QED) is 0.480. The Labute approximate surface area is 118 Å². The fourth-order valence-electron chi connectivity index (χ4n) is 2.74. The SMILES string of the molecule is Cc1cc(C)cc(-c2cccc3ccc(C)[n+]([O-])c23)c1. The number of aryl methyl sites for hydroxylation is 3. The topological polar surface area (TPSA) is 26.9 Å². The molecule has 1 heterocycles. The molecule has 3 rings (SSSR count). The first-order valence-electron chi connectivity index (χ1n) is 6.77. The maximum atomic E-state index is 12.4. The van der Waals surface area contributed by atoms with Crippen LogP contribution in [0.4, 0.5) is 0 Å². The summed E-state index contributed by atoms with van der Waals surface area (Å²) in [4.78, 5) is 0. The van der Waals surface area contributed by atoms with E-state index in [2.05, 4.69) is 32.0 Å². The summed E-state index contributed by atoms with van der Waals surface area (Å²) in [5, 5.41) is 13.4. The molecule has 20 heavy (non-hydrogen) atoms.